The summed E-state index contributed by atoms with van der Waals surface area (Å²) in [5, 5.41) is 0.605. The zero-order chi connectivity index (χ0) is 13.1. The summed E-state index contributed by atoms with van der Waals surface area (Å²) < 4.78 is 0. The quantitative estimate of drug-likeness (QED) is 0.737. The molecule has 0 N–H and O–H groups in total. The summed E-state index contributed by atoms with van der Waals surface area (Å²) in [7, 11) is 0. The highest BCUT2D eigenvalue weighted by Crippen LogP contribution is 2.32. The molecule has 2 rings (SSSR count). The van der Waals surface area contributed by atoms with Crippen LogP contribution in [0.1, 0.15) is 44.5 Å². The first-order chi connectivity index (χ1) is 8.65. The maximum absolute atomic E-state index is 6.22. The van der Waals surface area contributed by atoms with Gasteiger partial charge in [-0.2, -0.15) is 0 Å². The first-order valence-corrected chi connectivity index (χ1v) is 7.31. The van der Waals surface area contributed by atoms with Crippen molar-refractivity contribution in [3.05, 3.63) is 16.5 Å². The fourth-order valence-corrected chi connectivity index (χ4v) is 2.33. The van der Waals surface area contributed by atoms with E-state index in [0.29, 0.717) is 5.15 Å². The standard InChI is InChI=1S/C14H22ClN3/c1-4-8-18(9-11-6-7-11)14-10(3)13(15)16-12(5-2)17-14/h11H,4-9H2,1-3H3. The van der Waals surface area contributed by atoms with Gasteiger partial charge in [-0.15, -0.1) is 0 Å². The van der Waals surface area contributed by atoms with Gasteiger partial charge in [0.05, 0.1) is 0 Å². The Balaban J connectivity index is 2.28. The van der Waals surface area contributed by atoms with Gasteiger partial charge < -0.3 is 4.90 Å². The van der Waals surface area contributed by atoms with Gasteiger partial charge in [0.25, 0.3) is 0 Å². The van der Waals surface area contributed by atoms with Crippen molar-refractivity contribution in [2.75, 3.05) is 18.0 Å². The van der Waals surface area contributed by atoms with Crippen LogP contribution in [0.4, 0.5) is 5.82 Å². The Hall–Kier alpha value is -0.830. The fraction of sp³-hybridized carbons (Fsp3) is 0.714. The van der Waals surface area contributed by atoms with Gasteiger partial charge in [0.15, 0.2) is 0 Å². The predicted molar refractivity (Wildman–Crippen MR) is 76.4 cm³/mol. The Bertz CT molecular complexity index is 416. The van der Waals surface area contributed by atoms with Gasteiger partial charge in [-0.1, -0.05) is 25.4 Å². The van der Waals surface area contributed by atoms with Gasteiger partial charge in [0, 0.05) is 25.1 Å². The first-order valence-electron chi connectivity index (χ1n) is 6.93. The molecule has 1 aliphatic carbocycles. The second-order valence-electron chi connectivity index (χ2n) is 5.12. The molecule has 0 aliphatic heterocycles. The van der Waals surface area contributed by atoms with Gasteiger partial charge >= 0.3 is 0 Å². The molecule has 1 aromatic rings. The van der Waals surface area contributed by atoms with E-state index in [1.54, 1.807) is 0 Å². The minimum absolute atomic E-state index is 0.605. The molecule has 1 aromatic heterocycles. The van der Waals surface area contributed by atoms with E-state index >= 15 is 0 Å². The van der Waals surface area contributed by atoms with Crippen molar-refractivity contribution in [3.8, 4) is 0 Å². The van der Waals surface area contributed by atoms with E-state index in [1.807, 2.05) is 6.92 Å². The summed E-state index contributed by atoms with van der Waals surface area (Å²) in [6.07, 6.45) is 4.68. The molecular formula is C14H22ClN3. The second kappa shape index (κ2) is 5.87. The summed E-state index contributed by atoms with van der Waals surface area (Å²) in [5.74, 6) is 2.74. The average Bonchev–Trinajstić information content (AvgIpc) is 3.16. The minimum Gasteiger partial charge on any atom is -0.356 e. The molecule has 0 unspecified atom stereocenters. The Morgan fingerprint density at radius 2 is 2.00 bits per heavy atom. The van der Waals surface area contributed by atoms with Gasteiger partial charge in [-0.3, -0.25) is 0 Å². The second-order valence-corrected chi connectivity index (χ2v) is 5.48. The zero-order valence-electron chi connectivity index (χ0n) is 11.5. The molecule has 0 atom stereocenters. The maximum Gasteiger partial charge on any atom is 0.137 e. The molecule has 18 heavy (non-hydrogen) atoms. The van der Waals surface area contributed by atoms with Crippen molar-refractivity contribution in [2.45, 2.75) is 46.5 Å². The van der Waals surface area contributed by atoms with Crippen LogP contribution in [0.5, 0.6) is 0 Å². The number of aryl methyl sites for hydroxylation is 1. The van der Waals surface area contributed by atoms with Crippen LogP contribution in [-0.2, 0) is 6.42 Å². The van der Waals surface area contributed by atoms with Crippen LogP contribution in [0.2, 0.25) is 5.15 Å². The van der Waals surface area contributed by atoms with E-state index in [9.17, 15) is 0 Å². The van der Waals surface area contributed by atoms with Gasteiger partial charge in [0.1, 0.15) is 16.8 Å². The van der Waals surface area contributed by atoms with E-state index < -0.39 is 0 Å². The zero-order valence-corrected chi connectivity index (χ0v) is 12.3. The maximum atomic E-state index is 6.22. The van der Waals surface area contributed by atoms with Crippen molar-refractivity contribution in [2.24, 2.45) is 5.92 Å². The third-order valence-corrected chi connectivity index (χ3v) is 3.76. The number of nitrogens with zero attached hydrogens (tertiary/aromatic N) is 3. The fourth-order valence-electron chi connectivity index (χ4n) is 2.15. The highest BCUT2D eigenvalue weighted by Gasteiger charge is 2.26. The number of rotatable bonds is 6. The molecule has 0 saturated heterocycles. The molecule has 0 amide bonds. The van der Waals surface area contributed by atoms with E-state index in [-0.39, 0.29) is 0 Å². The molecular weight excluding hydrogens is 246 g/mol. The average molecular weight is 268 g/mol. The monoisotopic (exact) mass is 267 g/mol. The molecule has 0 bridgehead atoms. The lowest BCUT2D eigenvalue weighted by atomic mass is 10.2. The molecule has 3 nitrogen and oxygen atoms in total. The van der Waals surface area contributed by atoms with Crippen LogP contribution in [-0.4, -0.2) is 23.1 Å². The van der Waals surface area contributed by atoms with Crippen LogP contribution in [0.3, 0.4) is 0 Å². The lowest BCUT2D eigenvalue weighted by Gasteiger charge is -2.25. The lowest BCUT2D eigenvalue weighted by molar-refractivity contribution is 0.691. The molecule has 0 spiro atoms. The van der Waals surface area contributed by atoms with Crippen LogP contribution in [0, 0.1) is 12.8 Å². The normalized spacial score (nSPS) is 14.9. The Morgan fingerprint density at radius 3 is 2.56 bits per heavy atom. The summed E-state index contributed by atoms with van der Waals surface area (Å²) >= 11 is 6.22. The summed E-state index contributed by atoms with van der Waals surface area (Å²) in [5.41, 5.74) is 1.02. The molecule has 1 fully saturated rings. The minimum atomic E-state index is 0.605. The Labute approximate surface area is 115 Å². The summed E-state index contributed by atoms with van der Waals surface area (Å²) in [4.78, 5) is 11.4. The van der Waals surface area contributed by atoms with E-state index in [4.69, 9.17) is 11.6 Å². The number of anilines is 1. The van der Waals surface area contributed by atoms with E-state index in [0.717, 1.165) is 49.1 Å². The molecule has 0 aromatic carbocycles. The topological polar surface area (TPSA) is 29.0 Å². The third kappa shape index (κ3) is 3.14. The SMILES string of the molecule is CCCN(CC1CC1)c1nc(CC)nc(Cl)c1C. The molecule has 1 heterocycles. The number of hydrogen-bond acceptors (Lipinski definition) is 3. The van der Waals surface area contributed by atoms with Crippen molar-refractivity contribution < 1.29 is 0 Å². The third-order valence-electron chi connectivity index (χ3n) is 3.39. The molecule has 0 radical (unpaired) electrons. The largest absolute Gasteiger partial charge is 0.356 e. The molecule has 1 saturated carbocycles. The van der Waals surface area contributed by atoms with Gasteiger partial charge in [-0.25, -0.2) is 9.97 Å². The van der Waals surface area contributed by atoms with Crippen LogP contribution < -0.4 is 4.90 Å². The van der Waals surface area contributed by atoms with Crippen LogP contribution in [0.15, 0.2) is 0 Å². The summed E-state index contributed by atoms with van der Waals surface area (Å²) in [6, 6.07) is 0. The smallest absolute Gasteiger partial charge is 0.137 e. The van der Waals surface area contributed by atoms with Gasteiger partial charge in [0.2, 0.25) is 0 Å². The number of hydrogen-bond donors (Lipinski definition) is 0. The van der Waals surface area contributed by atoms with Crippen molar-refractivity contribution in [1.29, 1.82) is 0 Å². The Morgan fingerprint density at radius 1 is 1.28 bits per heavy atom. The van der Waals surface area contributed by atoms with Gasteiger partial charge in [-0.05, 0) is 32.1 Å². The molecule has 100 valence electrons. The highest BCUT2D eigenvalue weighted by atomic mass is 35.5. The van der Waals surface area contributed by atoms with Crippen molar-refractivity contribution in [1.82, 2.24) is 9.97 Å². The first kappa shape index (κ1) is 13.6. The van der Waals surface area contributed by atoms with Crippen molar-refractivity contribution >= 4 is 17.4 Å². The number of aromatic nitrogens is 2. The molecule has 1 aliphatic rings. The predicted octanol–water partition coefficient (Wildman–Crippen LogP) is 3.63. The van der Waals surface area contributed by atoms with E-state index in [1.165, 1.54) is 12.8 Å². The van der Waals surface area contributed by atoms with Crippen LogP contribution >= 0.6 is 11.6 Å². The summed E-state index contributed by atoms with van der Waals surface area (Å²) in [6.45, 7) is 8.46. The van der Waals surface area contributed by atoms with Crippen LogP contribution in [0.25, 0.3) is 0 Å². The van der Waals surface area contributed by atoms with E-state index in [2.05, 4.69) is 28.7 Å². The highest BCUT2D eigenvalue weighted by molar-refractivity contribution is 6.30. The lowest BCUT2D eigenvalue weighted by Crippen LogP contribution is -2.28. The Kier molecular flexibility index (Phi) is 4.44. The van der Waals surface area contributed by atoms with Crippen molar-refractivity contribution in [3.63, 3.8) is 0 Å². The number of halogens is 1. The molecule has 4 heteroatoms.